The third-order valence-corrected chi connectivity index (χ3v) is 4.88. The van der Waals surface area contributed by atoms with Crippen LogP contribution in [-0.2, 0) is 16.6 Å². The number of carbonyl (C=O) groups is 2. The average molecular weight is 370 g/mol. The summed E-state index contributed by atoms with van der Waals surface area (Å²) in [6, 6.07) is 7.14. The van der Waals surface area contributed by atoms with Gasteiger partial charge in [0.05, 0.1) is 13.7 Å². The van der Waals surface area contributed by atoms with Gasteiger partial charge in [-0.15, -0.1) is 0 Å². The molecule has 0 radical (unpaired) electrons. The van der Waals surface area contributed by atoms with Gasteiger partial charge in [-0.3, -0.25) is 9.59 Å². The molecule has 0 aliphatic carbocycles. The highest BCUT2D eigenvalue weighted by molar-refractivity contribution is 5.85. The third kappa shape index (κ3) is 4.67. The van der Waals surface area contributed by atoms with Crippen molar-refractivity contribution in [3.8, 4) is 5.75 Å². The molecule has 2 aromatic rings. The minimum Gasteiger partial charge on any atom is -0.497 e. The molecule has 7 heteroatoms. The van der Waals surface area contributed by atoms with Crippen LogP contribution in [0.2, 0.25) is 0 Å². The molecule has 2 heterocycles. The zero-order valence-corrected chi connectivity index (χ0v) is 15.9. The smallest absolute Gasteiger partial charge is 0.240 e. The van der Waals surface area contributed by atoms with Crippen LogP contribution in [0.3, 0.4) is 0 Å². The van der Waals surface area contributed by atoms with E-state index >= 15 is 0 Å². The van der Waals surface area contributed by atoms with E-state index in [1.807, 2.05) is 42.1 Å². The Kier molecular flexibility index (Phi) is 6.11. The monoisotopic (exact) mass is 370 g/mol. The van der Waals surface area contributed by atoms with Gasteiger partial charge in [-0.2, -0.15) is 0 Å². The number of hydrogen-bond acceptors (Lipinski definition) is 4. The molecular formula is C20H26N4O3. The van der Waals surface area contributed by atoms with Crippen molar-refractivity contribution in [3.05, 3.63) is 48.0 Å². The van der Waals surface area contributed by atoms with Crippen LogP contribution in [0.15, 0.2) is 36.7 Å². The molecule has 0 spiro atoms. The highest BCUT2D eigenvalue weighted by Crippen LogP contribution is 2.23. The average Bonchev–Trinajstić information content (AvgIpc) is 3.00. The van der Waals surface area contributed by atoms with Gasteiger partial charge in [0.2, 0.25) is 11.8 Å². The molecular weight excluding hydrogens is 344 g/mol. The van der Waals surface area contributed by atoms with E-state index in [2.05, 4.69) is 10.3 Å². The fourth-order valence-electron chi connectivity index (χ4n) is 3.33. The van der Waals surface area contributed by atoms with Crippen molar-refractivity contribution in [2.24, 2.45) is 7.05 Å². The molecule has 1 fully saturated rings. The molecule has 27 heavy (non-hydrogen) atoms. The molecule has 1 aromatic heterocycles. The predicted molar refractivity (Wildman–Crippen MR) is 101 cm³/mol. The summed E-state index contributed by atoms with van der Waals surface area (Å²) in [6.07, 6.45) is 6.95. The molecule has 0 bridgehead atoms. The highest BCUT2D eigenvalue weighted by Gasteiger charge is 2.24. The molecule has 3 rings (SSSR count). The molecule has 144 valence electrons. The largest absolute Gasteiger partial charge is 0.497 e. The molecule has 1 unspecified atom stereocenters. The Morgan fingerprint density at radius 1 is 1.26 bits per heavy atom. The molecule has 1 atom stereocenters. The van der Waals surface area contributed by atoms with E-state index in [4.69, 9.17) is 4.74 Å². The van der Waals surface area contributed by atoms with Crippen molar-refractivity contribution in [2.75, 3.05) is 20.2 Å². The zero-order valence-electron chi connectivity index (χ0n) is 15.9. The van der Waals surface area contributed by atoms with E-state index in [0.29, 0.717) is 13.0 Å². The standard InChI is InChI=1S/C20H26N4O3/c1-23-13-11-21-20(23)19(15-7-9-16(27-2)10-8-15)22-17(25)14-24-12-5-3-4-6-18(24)26/h7-11,13,19H,3-6,12,14H2,1-2H3,(H,22,25). The van der Waals surface area contributed by atoms with E-state index in [1.54, 1.807) is 18.2 Å². The Labute approximate surface area is 159 Å². The molecule has 0 saturated carbocycles. The summed E-state index contributed by atoms with van der Waals surface area (Å²) >= 11 is 0. The number of hydrogen-bond donors (Lipinski definition) is 1. The first-order valence-electron chi connectivity index (χ1n) is 9.27. The van der Waals surface area contributed by atoms with Crippen LogP contribution in [0.4, 0.5) is 0 Å². The van der Waals surface area contributed by atoms with Crippen LogP contribution in [-0.4, -0.2) is 46.5 Å². The highest BCUT2D eigenvalue weighted by atomic mass is 16.5. The lowest BCUT2D eigenvalue weighted by atomic mass is 10.1. The molecule has 2 amide bonds. The summed E-state index contributed by atoms with van der Waals surface area (Å²) in [6.45, 7) is 0.720. The summed E-state index contributed by atoms with van der Waals surface area (Å²) in [5, 5.41) is 3.05. The number of benzene rings is 1. The number of aromatic nitrogens is 2. The van der Waals surface area contributed by atoms with Gasteiger partial charge in [-0.25, -0.2) is 4.98 Å². The Balaban J connectivity index is 1.77. The normalized spacial score (nSPS) is 15.9. The SMILES string of the molecule is COc1ccc(C(NC(=O)CN2CCCCCC2=O)c2nccn2C)cc1. The number of amides is 2. The fourth-order valence-corrected chi connectivity index (χ4v) is 3.33. The van der Waals surface area contributed by atoms with Gasteiger partial charge in [0.15, 0.2) is 0 Å². The number of methoxy groups -OCH3 is 1. The topological polar surface area (TPSA) is 76.5 Å². The van der Waals surface area contributed by atoms with Crippen molar-refractivity contribution in [1.29, 1.82) is 0 Å². The first-order chi connectivity index (χ1) is 13.1. The van der Waals surface area contributed by atoms with Crippen LogP contribution in [0.5, 0.6) is 5.75 Å². The maximum Gasteiger partial charge on any atom is 0.240 e. The minimum atomic E-state index is -0.398. The van der Waals surface area contributed by atoms with Crippen molar-refractivity contribution >= 4 is 11.8 Å². The minimum absolute atomic E-state index is 0.0561. The van der Waals surface area contributed by atoms with Crippen LogP contribution in [0, 0.1) is 0 Å². The lowest BCUT2D eigenvalue weighted by molar-refractivity contribution is -0.135. The van der Waals surface area contributed by atoms with Gasteiger partial charge in [0.1, 0.15) is 17.6 Å². The van der Waals surface area contributed by atoms with Crippen LogP contribution >= 0.6 is 0 Å². The van der Waals surface area contributed by atoms with Crippen molar-refractivity contribution in [2.45, 2.75) is 31.7 Å². The zero-order chi connectivity index (χ0) is 19.2. The maximum absolute atomic E-state index is 12.7. The summed E-state index contributed by atoms with van der Waals surface area (Å²) < 4.78 is 7.10. The van der Waals surface area contributed by atoms with Crippen LogP contribution < -0.4 is 10.1 Å². The van der Waals surface area contributed by atoms with Gasteiger partial charge >= 0.3 is 0 Å². The Bertz CT molecular complexity index is 785. The molecule has 1 aliphatic rings. The number of rotatable bonds is 6. The Morgan fingerprint density at radius 3 is 2.70 bits per heavy atom. The van der Waals surface area contributed by atoms with E-state index in [-0.39, 0.29) is 18.4 Å². The number of carbonyl (C=O) groups excluding carboxylic acids is 2. The number of ether oxygens (including phenoxy) is 1. The summed E-state index contributed by atoms with van der Waals surface area (Å²) in [5.41, 5.74) is 0.903. The number of imidazole rings is 1. The van der Waals surface area contributed by atoms with Crippen molar-refractivity contribution < 1.29 is 14.3 Å². The van der Waals surface area contributed by atoms with E-state index < -0.39 is 6.04 Å². The third-order valence-electron chi connectivity index (χ3n) is 4.88. The fraction of sp³-hybridized carbons (Fsp3) is 0.450. The lowest BCUT2D eigenvalue weighted by Gasteiger charge is -2.23. The van der Waals surface area contributed by atoms with Crippen molar-refractivity contribution in [1.82, 2.24) is 19.8 Å². The van der Waals surface area contributed by atoms with Gasteiger partial charge < -0.3 is 19.5 Å². The molecule has 7 nitrogen and oxygen atoms in total. The number of nitrogens with zero attached hydrogens (tertiary/aromatic N) is 3. The summed E-state index contributed by atoms with van der Waals surface area (Å²) in [4.78, 5) is 31.0. The number of aryl methyl sites for hydroxylation is 1. The van der Waals surface area contributed by atoms with Gasteiger partial charge in [-0.05, 0) is 30.5 Å². The van der Waals surface area contributed by atoms with Crippen LogP contribution in [0.1, 0.15) is 43.1 Å². The molecule has 1 saturated heterocycles. The quantitative estimate of drug-likeness (QED) is 0.844. The Morgan fingerprint density at radius 2 is 2.04 bits per heavy atom. The Hall–Kier alpha value is -2.83. The second-order valence-corrected chi connectivity index (χ2v) is 6.80. The lowest BCUT2D eigenvalue weighted by Crippen LogP contribution is -2.42. The van der Waals surface area contributed by atoms with Crippen molar-refractivity contribution in [3.63, 3.8) is 0 Å². The summed E-state index contributed by atoms with van der Waals surface area (Å²) in [5.74, 6) is 1.35. The molecule has 1 aliphatic heterocycles. The van der Waals surface area contributed by atoms with Gasteiger partial charge in [-0.1, -0.05) is 18.6 Å². The van der Waals surface area contributed by atoms with E-state index in [0.717, 1.165) is 36.4 Å². The first kappa shape index (κ1) is 18.9. The predicted octanol–water partition coefficient (Wildman–Crippen LogP) is 2.04. The van der Waals surface area contributed by atoms with E-state index in [1.165, 1.54) is 0 Å². The second kappa shape index (κ2) is 8.70. The number of nitrogens with one attached hydrogen (secondary N) is 1. The summed E-state index contributed by atoms with van der Waals surface area (Å²) in [7, 11) is 3.51. The van der Waals surface area contributed by atoms with Gasteiger partial charge in [0, 0.05) is 32.4 Å². The van der Waals surface area contributed by atoms with Gasteiger partial charge in [0.25, 0.3) is 0 Å². The maximum atomic E-state index is 12.7. The molecule has 1 N–H and O–H groups in total. The first-order valence-corrected chi connectivity index (χ1v) is 9.27. The molecule has 1 aromatic carbocycles. The van der Waals surface area contributed by atoms with E-state index in [9.17, 15) is 9.59 Å². The van der Waals surface area contributed by atoms with Crippen LogP contribution in [0.25, 0.3) is 0 Å². The number of likely N-dealkylation sites (tertiary alicyclic amines) is 1. The second-order valence-electron chi connectivity index (χ2n) is 6.80.